The molecular weight excluding hydrogens is 430 g/mol. The fraction of sp³-hybridized carbons (Fsp3) is 0.240. The van der Waals surface area contributed by atoms with E-state index in [1.165, 1.54) is 4.80 Å². The van der Waals surface area contributed by atoms with E-state index in [-0.39, 0.29) is 11.9 Å². The highest BCUT2D eigenvalue weighted by molar-refractivity contribution is 5.98. The van der Waals surface area contributed by atoms with Crippen molar-refractivity contribution < 1.29 is 9.32 Å². The number of hydrogen-bond acceptors (Lipinski definition) is 6. The molecule has 1 aliphatic heterocycles. The van der Waals surface area contributed by atoms with Crippen LogP contribution in [0.15, 0.2) is 65.6 Å². The van der Waals surface area contributed by atoms with Crippen LogP contribution in [0.2, 0.25) is 0 Å². The van der Waals surface area contributed by atoms with Crippen molar-refractivity contribution in [3.05, 3.63) is 78.1 Å². The number of carbonyl (C=O) groups is 1. The molecule has 9 heteroatoms. The van der Waals surface area contributed by atoms with Gasteiger partial charge in [-0.1, -0.05) is 28.9 Å². The third-order valence-electron chi connectivity index (χ3n) is 6.43. The molecule has 1 atom stereocenters. The molecule has 1 fully saturated rings. The van der Waals surface area contributed by atoms with E-state index in [2.05, 4.69) is 32.1 Å². The summed E-state index contributed by atoms with van der Waals surface area (Å²) in [7, 11) is 2.01. The van der Waals surface area contributed by atoms with Gasteiger partial charge >= 0.3 is 0 Å². The summed E-state index contributed by atoms with van der Waals surface area (Å²) >= 11 is 0. The minimum atomic E-state index is -0.275. The fourth-order valence-corrected chi connectivity index (χ4v) is 4.73. The number of rotatable bonds is 4. The Morgan fingerprint density at radius 1 is 1.12 bits per heavy atom. The molecule has 9 nitrogen and oxygen atoms in total. The summed E-state index contributed by atoms with van der Waals surface area (Å²) in [4.78, 5) is 21.7. The van der Waals surface area contributed by atoms with Gasteiger partial charge in [-0.25, -0.2) is 0 Å². The molecule has 0 N–H and O–H groups in total. The maximum absolute atomic E-state index is 13.7. The molecule has 5 aromatic rings. The third-order valence-corrected chi connectivity index (χ3v) is 6.43. The molecule has 1 amide bonds. The number of benzene rings is 2. The number of amides is 1. The van der Waals surface area contributed by atoms with Gasteiger partial charge in [0.2, 0.25) is 11.7 Å². The lowest BCUT2D eigenvalue weighted by molar-refractivity contribution is 0.0709. The van der Waals surface area contributed by atoms with Gasteiger partial charge in [0.1, 0.15) is 6.04 Å². The van der Waals surface area contributed by atoms with Crippen LogP contribution in [-0.2, 0) is 7.05 Å². The zero-order valence-corrected chi connectivity index (χ0v) is 18.9. The normalized spacial score (nSPS) is 15.9. The third kappa shape index (κ3) is 3.28. The van der Waals surface area contributed by atoms with Crippen molar-refractivity contribution in [2.24, 2.45) is 7.05 Å². The Labute approximate surface area is 195 Å². The molecule has 0 spiro atoms. The number of aromatic nitrogens is 6. The Balaban J connectivity index is 1.35. The summed E-state index contributed by atoms with van der Waals surface area (Å²) < 4.78 is 7.77. The average molecular weight is 454 g/mol. The number of fused-ring (bicyclic) bond motifs is 1. The summed E-state index contributed by atoms with van der Waals surface area (Å²) in [5, 5.41) is 13.8. The molecule has 4 heterocycles. The van der Waals surface area contributed by atoms with Crippen molar-refractivity contribution in [2.75, 3.05) is 6.54 Å². The molecule has 0 radical (unpaired) electrons. The molecule has 170 valence electrons. The van der Waals surface area contributed by atoms with E-state index in [1.807, 2.05) is 55.4 Å². The fourth-order valence-electron chi connectivity index (χ4n) is 4.73. The van der Waals surface area contributed by atoms with Crippen molar-refractivity contribution in [3.63, 3.8) is 0 Å². The maximum atomic E-state index is 13.7. The van der Waals surface area contributed by atoms with Crippen LogP contribution >= 0.6 is 0 Å². The Bertz CT molecular complexity index is 1500. The highest BCUT2D eigenvalue weighted by Gasteiger charge is 2.36. The summed E-state index contributed by atoms with van der Waals surface area (Å²) in [6, 6.07) is 13.5. The maximum Gasteiger partial charge on any atom is 0.256 e. The van der Waals surface area contributed by atoms with Gasteiger partial charge in [-0.15, -0.1) is 0 Å². The van der Waals surface area contributed by atoms with Crippen molar-refractivity contribution in [3.8, 4) is 17.1 Å². The van der Waals surface area contributed by atoms with Crippen molar-refractivity contribution in [2.45, 2.75) is 25.8 Å². The molecule has 6 rings (SSSR count). The molecule has 0 unspecified atom stereocenters. The van der Waals surface area contributed by atoms with E-state index in [9.17, 15) is 4.79 Å². The second-order valence-electron chi connectivity index (χ2n) is 8.62. The Kier molecular flexibility index (Phi) is 4.75. The lowest BCUT2D eigenvalue weighted by Gasteiger charge is -2.23. The minimum absolute atomic E-state index is 0.0941. The number of likely N-dealkylation sites (tertiary alicyclic amines) is 1. The highest BCUT2D eigenvalue weighted by atomic mass is 16.5. The number of carbonyl (C=O) groups excluding carboxylic acids is 1. The van der Waals surface area contributed by atoms with Crippen LogP contribution in [0.4, 0.5) is 0 Å². The minimum Gasteiger partial charge on any atom is -0.351 e. The lowest BCUT2D eigenvalue weighted by atomic mass is 10.1. The zero-order valence-electron chi connectivity index (χ0n) is 18.9. The van der Waals surface area contributed by atoms with Crippen LogP contribution in [0.5, 0.6) is 0 Å². The lowest BCUT2D eigenvalue weighted by Crippen LogP contribution is -2.31. The predicted molar refractivity (Wildman–Crippen MR) is 125 cm³/mol. The van der Waals surface area contributed by atoms with E-state index in [0.29, 0.717) is 29.5 Å². The van der Waals surface area contributed by atoms with Gasteiger partial charge in [0, 0.05) is 36.3 Å². The van der Waals surface area contributed by atoms with E-state index in [4.69, 9.17) is 9.51 Å². The summed E-state index contributed by atoms with van der Waals surface area (Å²) in [6.07, 6.45) is 6.84. The van der Waals surface area contributed by atoms with Gasteiger partial charge in [0.05, 0.1) is 23.6 Å². The van der Waals surface area contributed by atoms with Crippen LogP contribution in [-0.4, -0.2) is 47.1 Å². The number of hydrogen-bond donors (Lipinski definition) is 0. The molecule has 3 aromatic heterocycles. The largest absolute Gasteiger partial charge is 0.351 e. The second kappa shape index (κ2) is 7.95. The summed E-state index contributed by atoms with van der Waals surface area (Å²) in [5.74, 6) is 0.895. The van der Waals surface area contributed by atoms with E-state index in [1.54, 1.807) is 12.4 Å². The van der Waals surface area contributed by atoms with Crippen molar-refractivity contribution in [1.29, 1.82) is 0 Å². The Hall–Kier alpha value is -4.27. The molecular formula is C25H23N7O2. The van der Waals surface area contributed by atoms with Crippen molar-refractivity contribution >= 4 is 16.8 Å². The van der Waals surface area contributed by atoms with Crippen LogP contribution in [0, 0.1) is 6.92 Å². The molecule has 1 aliphatic rings. The van der Waals surface area contributed by atoms with E-state index >= 15 is 0 Å². The Morgan fingerprint density at radius 2 is 1.97 bits per heavy atom. The SMILES string of the molecule is Cc1ccc(-n2nccn2)c(C(=O)N2CCC[C@H]2c2nc(-c3cccc4c3ccn4C)no2)c1. The molecule has 1 saturated heterocycles. The molecule has 2 aromatic carbocycles. The van der Waals surface area contributed by atoms with Gasteiger partial charge < -0.3 is 14.0 Å². The molecule has 34 heavy (non-hydrogen) atoms. The Morgan fingerprint density at radius 3 is 2.82 bits per heavy atom. The van der Waals surface area contributed by atoms with Crippen molar-refractivity contribution in [1.82, 2.24) is 34.6 Å². The molecule has 0 aliphatic carbocycles. The van der Waals surface area contributed by atoms with Crippen LogP contribution < -0.4 is 0 Å². The van der Waals surface area contributed by atoms with Gasteiger partial charge in [-0.05, 0) is 44.0 Å². The monoisotopic (exact) mass is 453 g/mol. The quantitative estimate of drug-likeness (QED) is 0.407. The smallest absolute Gasteiger partial charge is 0.256 e. The predicted octanol–water partition coefficient (Wildman–Crippen LogP) is 4.09. The second-order valence-corrected chi connectivity index (χ2v) is 8.62. The first-order chi connectivity index (χ1) is 16.6. The van der Waals surface area contributed by atoms with Gasteiger partial charge in [-0.3, -0.25) is 4.79 Å². The summed E-state index contributed by atoms with van der Waals surface area (Å²) in [6.45, 7) is 2.59. The average Bonchev–Trinajstić information content (AvgIpc) is 3.65. The zero-order chi connectivity index (χ0) is 23.2. The first-order valence-electron chi connectivity index (χ1n) is 11.3. The van der Waals surface area contributed by atoms with Crippen LogP contribution in [0.25, 0.3) is 28.0 Å². The molecule has 0 saturated carbocycles. The van der Waals surface area contributed by atoms with E-state index < -0.39 is 0 Å². The standard InChI is InChI=1S/C25H23N7O2/c1-16-8-9-21(32-26-11-12-27-32)19(15-16)25(33)31-13-4-7-22(31)24-28-23(29-34-24)18-5-3-6-20-17(18)10-14-30(20)2/h3,5-6,8-12,14-15,22H,4,7,13H2,1-2H3/t22-/m0/s1. The number of nitrogens with zero attached hydrogens (tertiary/aromatic N) is 7. The topological polar surface area (TPSA) is 94.9 Å². The van der Waals surface area contributed by atoms with Crippen LogP contribution in [0.3, 0.4) is 0 Å². The first-order valence-corrected chi connectivity index (χ1v) is 11.3. The van der Waals surface area contributed by atoms with Gasteiger partial charge in [0.15, 0.2) is 0 Å². The van der Waals surface area contributed by atoms with Crippen LogP contribution in [0.1, 0.15) is 40.7 Å². The van der Waals surface area contributed by atoms with Gasteiger partial charge in [-0.2, -0.15) is 20.0 Å². The van der Waals surface area contributed by atoms with E-state index in [0.717, 1.165) is 34.9 Å². The summed E-state index contributed by atoms with van der Waals surface area (Å²) in [5.41, 5.74) is 4.20. The highest BCUT2D eigenvalue weighted by Crippen LogP contribution is 2.35. The molecule has 0 bridgehead atoms. The van der Waals surface area contributed by atoms with Gasteiger partial charge in [0.25, 0.3) is 5.91 Å². The first kappa shape index (κ1) is 20.3. The number of aryl methyl sites for hydroxylation is 2.